The lowest BCUT2D eigenvalue weighted by atomic mass is 10.3. The second-order valence-corrected chi connectivity index (χ2v) is 5.94. The van der Waals surface area contributed by atoms with E-state index >= 15 is 0 Å². The van der Waals surface area contributed by atoms with Crippen LogP contribution in [0.2, 0.25) is 0 Å². The van der Waals surface area contributed by atoms with Crippen molar-refractivity contribution in [2.75, 3.05) is 5.32 Å². The van der Waals surface area contributed by atoms with Crippen LogP contribution in [0.25, 0.3) is 0 Å². The molecule has 0 aliphatic rings. The Kier molecular flexibility index (Phi) is 5.25. The molecular formula is C17H18N6O5. The van der Waals surface area contributed by atoms with Gasteiger partial charge in [-0.3, -0.25) is 19.0 Å². The number of nitrogens with zero attached hydrogens (tertiary/aromatic N) is 4. The normalized spacial score (nSPS) is 11.8. The van der Waals surface area contributed by atoms with Crippen LogP contribution < -0.4 is 10.6 Å². The van der Waals surface area contributed by atoms with Crippen molar-refractivity contribution in [2.45, 2.75) is 19.5 Å². The van der Waals surface area contributed by atoms with E-state index in [1.54, 1.807) is 19.2 Å². The van der Waals surface area contributed by atoms with E-state index in [1.165, 1.54) is 36.3 Å². The smallest absolute Gasteiger partial charge is 0.328 e. The van der Waals surface area contributed by atoms with E-state index < -0.39 is 23.8 Å². The van der Waals surface area contributed by atoms with Crippen LogP contribution in [0.5, 0.6) is 0 Å². The Morgan fingerprint density at radius 3 is 2.75 bits per heavy atom. The number of rotatable bonds is 7. The minimum atomic E-state index is -1.07. The molecule has 28 heavy (non-hydrogen) atoms. The Morgan fingerprint density at radius 1 is 1.29 bits per heavy atom. The van der Waals surface area contributed by atoms with Gasteiger partial charge in [0.1, 0.15) is 17.5 Å². The molecule has 2 amide bonds. The number of nitrogens with one attached hydrogen (secondary N) is 2. The number of carboxylic acid groups (broad SMARTS) is 1. The largest absolute Gasteiger partial charge is 0.480 e. The molecule has 0 aliphatic heterocycles. The van der Waals surface area contributed by atoms with Crippen molar-refractivity contribution in [2.24, 2.45) is 7.05 Å². The van der Waals surface area contributed by atoms with Crippen molar-refractivity contribution in [3.05, 3.63) is 54.0 Å². The summed E-state index contributed by atoms with van der Waals surface area (Å²) < 4.78 is 7.66. The van der Waals surface area contributed by atoms with Gasteiger partial charge in [-0.2, -0.15) is 10.2 Å². The van der Waals surface area contributed by atoms with Gasteiger partial charge in [-0.15, -0.1) is 0 Å². The van der Waals surface area contributed by atoms with Gasteiger partial charge in [-0.25, -0.2) is 4.79 Å². The molecule has 0 bridgehead atoms. The predicted octanol–water partition coefficient (Wildman–Crippen LogP) is 1.04. The van der Waals surface area contributed by atoms with Crippen LogP contribution in [-0.4, -0.2) is 42.5 Å². The van der Waals surface area contributed by atoms with Crippen molar-refractivity contribution in [1.29, 1.82) is 0 Å². The van der Waals surface area contributed by atoms with Crippen molar-refractivity contribution >= 4 is 23.5 Å². The van der Waals surface area contributed by atoms with Crippen LogP contribution in [0.3, 0.4) is 0 Å². The van der Waals surface area contributed by atoms with E-state index in [0.717, 1.165) is 4.68 Å². The summed E-state index contributed by atoms with van der Waals surface area (Å²) in [6.45, 7) is 1.63. The van der Waals surface area contributed by atoms with Crippen LogP contribution in [-0.2, 0) is 18.4 Å². The fourth-order valence-electron chi connectivity index (χ4n) is 2.44. The zero-order valence-electron chi connectivity index (χ0n) is 15.1. The first kappa shape index (κ1) is 18.9. The summed E-state index contributed by atoms with van der Waals surface area (Å²) >= 11 is 0. The Bertz CT molecular complexity index is 1000. The molecule has 3 aromatic rings. The molecule has 0 saturated carbocycles. The third-order valence-corrected chi connectivity index (χ3v) is 4.00. The number of carbonyl (C=O) groups excluding carboxylic acids is 2. The lowest BCUT2D eigenvalue weighted by molar-refractivity contribution is -0.140. The molecular weight excluding hydrogens is 368 g/mol. The van der Waals surface area contributed by atoms with Crippen LogP contribution in [0, 0.1) is 0 Å². The Balaban J connectivity index is 1.71. The number of aromatic nitrogens is 4. The molecule has 3 heterocycles. The van der Waals surface area contributed by atoms with Crippen molar-refractivity contribution in [1.82, 2.24) is 24.9 Å². The van der Waals surface area contributed by atoms with E-state index in [2.05, 4.69) is 20.8 Å². The highest BCUT2D eigenvalue weighted by atomic mass is 16.4. The molecule has 0 aromatic carbocycles. The van der Waals surface area contributed by atoms with Crippen LogP contribution in [0.1, 0.15) is 39.7 Å². The molecule has 1 unspecified atom stereocenters. The highest BCUT2D eigenvalue weighted by molar-refractivity contribution is 6.07. The minimum absolute atomic E-state index is 0.0129. The summed E-state index contributed by atoms with van der Waals surface area (Å²) in [5.74, 6) is -1.53. The van der Waals surface area contributed by atoms with Gasteiger partial charge < -0.3 is 20.2 Å². The molecule has 1 atom stereocenters. The van der Waals surface area contributed by atoms with Crippen LogP contribution in [0.4, 0.5) is 5.69 Å². The van der Waals surface area contributed by atoms with E-state index in [1.807, 2.05) is 0 Å². The average molecular weight is 386 g/mol. The standard InChI is InChI=1S/C17H18N6O5/c1-10(17(26)27)23-6-5-12(21-23)15(24)20-13-9-19-22(2)14(13)16(25)18-8-11-4-3-7-28-11/h3-7,9-10H,8H2,1-2H3,(H,18,25)(H,20,24)(H,26,27). The summed E-state index contributed by atoms with van der Waals surface area (Å²) in [6, 6.07) is 3.91. The number of aryl methyl sites for hydroxylation is 1. The lowest BCUT2D eigenvalue weighted by Crippen LogP contribution is -2.26. The van der Waals surface area contributed by atoms with E-state index in [-0.39, 0.29) is 23.6 Å². The summed E-state index contributed by atoms with van der Waals surface area (Å²) in [5, 5.41) is 22.2. The molecule has 11 nitrogen and oxygen atoms in total. The number of amides is 2. The van der Waals surface area contributed by atoms with E-state index in [9.17, 15) is 14.4 Å². The molecule has 0 saturated heterocycles. The summed E-state index contributed by atoms with van der Waals surface area (Å²) in [4.78, 5) is 35.9. The second kappa shape index (κ2) is 7.78. The van der Waals surface area contributed by atoms with Crippen LogP contribution >= 0.6 is 0 Å². The number of carbonyl (C=O) groups is 3. The quantitative estimate of drug-likeness (QED) is 0.550. The summed E-state index contributed by atoms with van der Waals surface area (Å²) in [7, 11) is 1.57. The number of furan rings is 1. The maximum atomic E-state index is 12.5. The fourth-order valence-corrected chi connectivity index (χ4v) is 2.44. The highest BCUT2D eigenvalue weighted by Crippen LogP contribution is 2.16. The molecule has 3 N–H and O–H groups in total. The number of hydrogen-bond acceptors (Lipinski definition) is 6. The van der Waals surface area contributed by atoms with Gasteiger partial charge in [0.05, 0.1) is 24.7 Å². The third-order valence-electron chi connectivity index (χ3n) is 4.00. The Morgan fingerprint density at radius 2 is 2.07 bits per heavy atom. The molecule has 3 aromatic heterocycles. The van der Waals surface area contributed by atoms with Crippen molar-refractivity contribution in [3.8, 4) is 0 Å². The van der Waals surface area contributed by atoms with Gasteiger partial charge in [-0.1, -0.05) is 0 Å². The first-order valence-corrected chi connectivity index (χ1v) is 8.28. The Hall–Kier alpha value is -3.89. The summed E-state index contributed by atoms with van der Waals surface area (Å²) in [5.41, 5.74) is 0.363. The second-order valence-electron chi connectivity index (χ2n) is 5.94. The monoisotopic (exact) mass is 386 g/mol. The van der Waals surface area contributed by atoms with Gasteiger partial charge in [-0.05, 0) is 25.1 Å². The fraction of sp³-hybridized carbons (Fsp3) is 0.235. The molecule has 0 fully saturated rings. The number of aliphatic carboxylic acids is 1. The van der Waals surface area contributed by atoms with Gasteiger partial charge in [0, 0.05) is 13.2 Å². The molecule has 3 rings (SSSR count). The highest BCUT2D eigenvalue weighted by Gasteiger charge is 2.21. The van der Waals surface area contributed by atoms with Gasteiger partial charge in [0.25, 0.3) is 11.8 Å². The first-order valence-electron chi connectivity index (χ1n) is 8.28. The topological polar surface area (TPSA) is 144 Å². The number of carboxylic acids is 1. The van der Waals surface area contributed by atoms with Gasteiger partial charge in [0.2, 0.25) is 0 Å². The Labute approximate surface area is 158 Å². The summed E-state index contributed by atoms with van der Waals surface area (Å²) in [6.07, 6.45) is 4.24. The molecule has 146 valence electrons. The van der Waals surface area contributed by atoms with E-state index in [4.69, 9.17) is 9.52 Å². The first-order chi connectivity index (χ1) is 13.4. The maximum absolute atomic E-state index is 12.5. The number of anilines is 1. The molecule has 11 heteroatoms. The maximum Gasteiger partial charge on any atom is 0.328 e. The van der Waals surface area contributed by atoms with Crippen LogP contribution in [0.15, 0.2) is 41.3 Å². The minimum Gasteiger partial charge on any atom is -0.480 e. The van der Waals surface area contributed by atoms with Crippen molar-refractivity contribution < 1.29 is 23.9 Å². The van der Waals surface area contributed by atoms with Gasteiger partial charge in [0.15, 0.2) is 5.69 Å². The van der Waals surface area contributed by atoms with Crippen molar-refractivity contribution in [3.63, 3.8) is 0 Å². The molecule has 0 spiro atoms. The van der Waals surface area contributed by atoms with Gasteiger partial charge >= 0.3 is 5.97 Å². The molecule has 0 radical (unpaired) electrons. The zero-order chi connectivity index (χ0) is 20.3. The number of hydrogen-bond donors (Lipinski definition) is 3. The van der Waals surface area contributed by atoms with E-state index in [0.29, 0.717) is 5.76 Å². The predicted molar refractivity (Wildman–Crippen MR) is 95.6 cm³/mol. The molecule has 0 aliphatic carbocycles. The zero-order valence-corrected chi connectivity index (χ0v) is 15.1. The third kappa shape index (κ3) is 3.92. The lowest BCUT2D eigenvalue weighted by Gasteiger charge is -2.08. The average Bonchev–Trinajstić information content (AvgIpc) is 3.40. The SMILES string of the molecule is CC(C(=O)O)n1ccc(C(=O)Nc2cnn(C)c2C(=O)NCc2ccco2)n1.